The smallest absolute Gasteiger partial charge is 0.0794 e. The Morgan fingerprint density at radius 2 is 2.22 bits per heavy atom. The molecule has 0 fully saturated rings. The summed E-state index contributed by atoms with van der Waals surface area (Å²) in [6, 6.07) is 2.70. The second-order valence-corrected chi connectivity index (χ2v) is 6.26. The molecule has 1 unspecified atom stereocenters. The number of hydrogen-bond donors (Lipinski definition) is 1. The van der Waals surface area contributed by atoms with Crippen molar-refractivity contribution in [1.29, 1.82) is 0 Å². The van der Waals surface area contributed by atoms with Gasteiger partial charge in [-0.15, -0.1) is 22.7 Å². The first kappa shape index (κ1) is 13.7. The molecular weight excluding hydrogens is 260 g/mol. The lowest BCUT2D eigenvalue weighted by molar-refractivity contribution is 0.536. The number of aromatic nitrogens is 1. The fourth-order valence-corrected chi connectivity index (χ4v) is 3.78. The standard InChI is InChI=1S/C14H20N2S2/c1-3-6-16-13(8-12-9-15-10-18-12)14-11(4-2)5-7-17-14/h5,7,9-10,13,16H,3-4,6,8H2,1-2H3. The third-order valence-electron chi connectivity index (χ3n) is 3.01. The lowest BCUT2D eigenvalue weighted by Gasteiger charge is -2.18. The number of nitrogens with one attached hydrogen (secondary N) is 1. The van der Waals surface area contributed by atoms with Gasteiger partial charge in [-0.05, 0) is 36.4 Å². The molecule has 0 radical (unpaired) electrons. The van der Waals surface area contributed by atoms with Crippen LogP contribution in [0.5, 0.6) is 0 Å². The maximum atomic E-state index is 4.17. The van der Waals surface area contributed by atoms with Crippen molar-refractivity contribution in [1.82, 2.24) is 10.3 Å². The van der Waals surface area contributed by atoms with Gasteiger partial charge in [-0.2, -0.15) is 0 Å². The van der Waals surface area contributed by atoms with E-state index in [2.05, 4.69) is 35.6 Å². The van der Waals surface area contributed by atoms with E-state index < -0.39 is 0 Å². The Bertz CT molecular complexity index is 448. The van der Waals surface area contributed by atoms with Crippen molar-refractivity contribution in [2.45, 2.75) is 39.2 Å². The van der Waals surface area contributed by atoms with Gasteiger partial charge in [0.25, 0.3) is 0 Å². The van der Waals surface area contributed by atoms with Crippen LogP contribution in [-0.2, 0) is 12.8 Å². The number of nitrogens with zero attached hydrogens (tertiary/aromatic N) is 1. The first-order chi connectivity index (χ1) is 8.85. The van der Waals surface area contributed by atoms with Crippen molar-refractivity contribution < 1.29 is 0 Å². The van der Waals surface area contributed by atoms with Crippen LogP contribution in [0.3, 0.4) is 0 Å². The summed E-state index contributed by atoms with van der Waals surface area (Å²) in [6.07, 6.45) is 5.33. The molecule has 2 nitrogen and oxygen atoms in total. The van der Waals surface area contributed by atoms with E-state index in [0.717, 1.165) is 19.4 Å². The number of thiophene rings is 1. The molecule has 0 aliphatic heterocycles. The van der Waals surface area contributed by atoms with Crippen LogP contribution in [0.25, 0.3) is 0 Å². The molecule has 0 aliphatic rings. The fraction of sp³-hybridized carbons (Fsp3) is 0.500. The lowest BCUT2D eigenvalue weighted by Crippen LogP contribution is -2.23. The van der Waals surface area contributed by atoms with Gasteiger partial charge in [0.1, 0.15) is 0 Å². The Morgan fingerprint density at radius 1 is 1.33 bits per heavy atom. The number of thiazole rings is 1. The minimum absolute atomic E-state index is 0.445. The maximum Gasteiger partial charge on any atom is 0.0794 e. The van der Waals surface area contributed by atoms with E-state index in [1.165, 1.54) is 21.7 Å². The van der Waals surface area contributed by atoms with Crippen molar-refractivity contribution in [3.8, 4) is 0 Å². The average molecular weight is 280 g/mol. The molecule has 2 aromatic heterocycles. The Balaban J connectivity index is 2.14. The Morgan fingerprint density at radius 3 is 2.89 bits per heavy atom. The zero-order valence-electron chi connectivity index (χ0n) is 11.0. The molecule has 18 heavy (non-hydrogen) atoms. The van der Waals surface area contributed by atoms with Gasteiger partial charge in [0.05, 0.1) is 5.51 Å². The molecule has 2 rings (SSSR count). The summed E-state index contributed by atoms with van der Waals surface area (Å²) in [5.41, 5.74) is 3.40. The van der Waals surface area contributed by atoms with Crippen LogP contribution >= 0.6 is 22.7 Å². The van der Waals surface area contributed by atoms with Crippen molar-refractivity contribution >= 4 is 22.7 Å². The second kappa shape index (κ2) is 7.02. The molecule has 98 valence electrons. The first-order valence-corrected chi connectivity index (χ1v) is 8.28. The molecule has 4 heteroatoms. The summed E-state index contributed by atoms with van der Waals surface area (Å²) in [4.78, 5) is 7.03. The molecule has 0 saturated heterocycles. The summed E-state index contributed by atoms with van der Waals surface area (Å²) in [6.45, 7) is 5.52. The van der Waals surface area contributed by atoms with Gasteiger partial charge in [0, 0.05) is 28.4 Å². The predicted molar refractivity (Wildman–Crippen MR) is 80.5 cm³/mol. The Hall–Kier alpha value is -0.710. The van der Waals surface area contributed by atoms with E-state index >= 15 is 0 Å². The van der Waals surface area contributed by atoms with Gasteiger partial charge in [0.15, 0.2) is 0 Å². The van der Waals surface area contributed by atoms with Crippen molar-refractivity contribution in [3.05, 3.63) is 38.5 Å². The summed E-state index contributed by atoms with van der Waals surface area (Å²) in [7, 11) is 0. The molecule has 2 heterocycles. The molecule has 0 aromatic carbocycles. The van der Waals surface area contributed by atoms with Gasteiger partial charge < -0.3 is 5.32 Å². The van der Waals surface area contributed by atoms with Gasteiger partial charge >= 0.3 is 0 Å². The third-order valence-corrected chi connectivity index (χ3v) is 4.88. The Kier molecular flexibility index (Phi) is 5.35. The SMILES string of the molecule is CCCNC(Cc1cncs1)c1sccc1CC. The zero-order chi connectivity index (χ0) is 12.8. The van der Waals surface area contributed by atoms with E-state index in [4.69, 9.17) is 0 Å². The molecule has 0 aliphatic carbocycles. The molecule has 0 saturated carbocycles. The zero-order valence-corrected chi connectivity index (χ0v) is 12.6. The quantitative estimate of drug-likeness (QED) is 0.827. The molecule has 0 amide bonds. The summed E-state index contributed by atoms with van der Waals surface area (Å²) >= 11 is 3.63. The van der Waals surface area contributed by atoms with Crippen molar-refractivity contribution in [2.75, 3.05) is 6.54 Å². The molecule has 0 spiro atoms. The number of aryl methyl sites for hydroxylation is 1. The van der Waals surface area contributed by atoms with E-state index in [9.17, 15) is 0 Å². The summed E-state index contributed by atoms with van der Waals surface area (Å²) in [5, 5.41) is 5.88. The van der Waals surface area contributed by atoms with Crippen LogP contribution in [0.1, 0.15) is 41.6 Å². The van der Waals surface area contributed by atoms with Gasteiger partial charge in [-0.1, -0.05) is 13.8 Å². The van der Waals surface area contributed by atoms with Gasteiger partial charge in [-0.25, -0.2) is 0 Å². The Labute approximate surface area is 117 Å². The van der Waals surface area contributed by atoms with Crippen LogP contribution in [0.15, 0.2) is 23.2 Å². The summed E-state index contributed by atoms with van der Waals surface area (Å²) in [5.74, 6) is 0. The topological polar surface area (TPSA) is 24.9 Å². The van der Waals surface area contributed by atoms with E-state index in [0.29, 0.717) is 6.04 Å². The van der Waals surface area contributed by atoms with Crippen LogP contribution < -0.4 is 5.32 Å². The normalized spacial score (nSPS) is 12.8. The van der Waals surface area contributed by atoms with Gasteiger partial charge in [0.2, 0.25) is 0 Å². The van der Waals surface area contributed by atoms with Crippen LogP contribution in [0, 0.1) is 0 Å². The van der Waals surface area contributed by atoms with Crippen LogP contribution in [-0.4, -0.2) is 11.5 Å². The minimum Gasteiger partial charge on any atom is -0.309 e. The van der Waals surface area contributed by atoms with E-state index in [1.54, 1.807) is 11.3 Å². The highest BCUT2D eigenvalue weighted by atomic mass is 32.1. The number of rotatable bonds is 7. The monoisotopic (exact) mass is 280 g/mol. The number of hydrogen-bond acceptors (Lipinski definition) is 4. The van der Waals surface area contributed by atoms with Crippen LogP contribution in [0.2, 0.25) is 0 Å². The van der Waals surface area contributed by atoms with Crippen LogP contribution in [0.4, 0.5) is 0 Å². The lowest BCUT2D eigenvalue weighted by atomic mass is 10.1. The highest BCUT2D eigenvalue weighted by Gasteiger charge is 2.16. The average Bonchev–Trinajstić information content (AvgIpc) is 3.04. The van der Waals surface area contributed by atoms with Crippen molar-refractivity contribution in [3.63, 3.8) is 0 Å². The largest absolute Gasteiger partial charge is 0.309 e. The van der Waals surface area contributed by atoms with E-state index in [-0.39, 0.29) is 0 Å². The van der Waals surface area contributed by atoms with Gasteiger partial charge in [-0.3, -0.25) is 4.98 Å². The molecule has 1 atom stereocenters. The molecule has 2 aromatic rings. The second-order valence-electron chi connectivity index (χ2n) is 4.34. The molecular formula is C14H20N2S2. The third kappa shape index (κ3) is 3.40. The van der Waals surface area contributed by atoms with Crippen molar-refractivity contribution in [2.24, 2.45) is 0 Å². The molecule has 1 N–H and O–H groups in total. The maximum absolute atomic E-state index is 4.17. The highest BCUT2D eigenvalue weighted by Crippen LogP contribution is 2.28. The highest BCUT2D eigenvalue weighted by molar-refractivity contribution is 7.10. The van der Waals surface area contributed by atoms with E-state index in [1.807, 2.05) is 23.0 Å². The first-order valence-electron chi connectivity index (χ1n) is 6.52. The summed E-state index contributed by atoms with van der Waals surface area (Å²) < 4.78 is 0. The fourth-order valence-electron chi connectivity index (χ4n) is 2.07. The minimum atomic E-state index is 0.445. The predicted octanol–water partition coefficient (Wildman–Crippen LogP) is 4.05. The molecule has 0 bridgehead atoms.